The second-order valence-electron chi connectivity index (χ2n) is 4.58. The summed E-state index contributed by atoms with van der Waals surface area (Å²) in [5.74, 6) is 6.16. The average molecular weight is 339 g/mol. The number of ether oxygens (including phenoxy) is 2. The summed E-state index contributed by atoms with van der Waals surface area (Å²) >= 11 is 5.44. The van der Waals surface area contributed by atoms with Crippen LogP contribution in [0.4, 0.5) is 14.9 Å². The largest absolute Gasteiger partial charge is 0.489 e. The van der Waals surface area contributed by atoms with Crippen molar-refractivity contribution in [1.29, 1.82) is 0 Å². The maximum atomic E-state index is 12.8. The van der Waals surface area contributed by atoms with Crippen LogP contribution in [-0.4, -0.2) is 18.6 Å². The van der Waals surface area contributed by atoms with Crippen molar-refractivity contribution < 1.29 is 18.7 Å². The number of hydrogen-bond acceptors (Lipinski definition) is 4. The summed E-state index contributed by atoms with van der Waals surface area (Å²) in [6.07, 6.45) is -0.689. The van der Waals surface area contributed by atoms with Crippen molar-refractivity contribution in [3.05, 3.63) is 59.9 Å². The second kappa shape index (κ2) is 8.36. The number of carbonyl (C=O) groups is 1. The van der Waals surface area contributed by atoms with E-state index in [9.17, 15) is 9.18 Å². The monoisotopic (exact) mass is 338 g/mol. The van der Waals surface area contributed by atoms with Gasteiger partial charge in [-0.15, -0.1) is 11.6 Å². The van der Waals surface area contributed by atoms with Crippen LogP contribution in [0.15, 0.2) is 48.5 Å². The molecule has 0 radical (unpaired) electrons. The van der Waals surface area contributed by atoms with Crippen LogP contribution in [0.25, 0.3) is 0 Å². The molecule has 2 N–H and O–H groups in total. The van der Waals surface area contributed by atoms with E-state index in [0.717, 1.165) is 10.6 Å². The van der Waals surface area contributed by atoms with Crippen molar-refractivity contribution in [2.75, 3.05) is 17.5 Å². The Bertz CT molecular complexity index is 635. The summed E-state index contributed by atoms with van der Waals surface area (Å²) in [5, 5.41) is 0.885. The minimum Gasteiger partial charge on any atom is -0.489 e. The van der Waals surface area contributed by atoms with Gasteiger partial charge in [0.25, 0.3) is 0 Å². The smallest absolute Gasteiger partial charge is 0.428 e. The Morgan fingerprint density at radius 1 is 1.13 bits per heavy atom. The first-order valence-corrected chi connectivity index (χ1v) is 7.38. The van der Waals surface area contributed by atoms with Crippen LogP contribution in [-0.2, 0) is 11.3 Å². The van der Waals surface area contributed by atoms with E-state index in [1.54, 1.807) is 36.4 Å². The summed E-state index contributed by atoms with van der Waals surface area (Å²) in [7, 11) is 0. The molecule has 2 aromatic carbocycles. The number of anilines is 1. The minimum atomic E-state index is -0.689. The number of halogens is 2. The Kier molecular flexibility index (Phi) is 6.19. The molecule has 0 aliphatic rings. The predicted octanol–water partition coefficient (Wildman–Crippen LogP) is 3.46. The molecular formula is C16H16ClFN2O3. The molecule has 0 spiro atoms. The lowest BCUT2D eigenvalue weighted by atomic mass is 10.2. The number of amides is 1. The van der Waals surface area contributed by atoms with Gasteiger partial charge >= 0.3 is 6.09 Å². The number of carbonyl (C=O) groups excluding carboxylic acids is 1. The van der Waals surface area contributed by atoms with Gasteiger partial charge in [-0.25, -0.2) is 20.0 Å². The third-order valence-electron chi connectivity index (χ3n) is 2.93. The van der Waals surface area contributed by atoms with Crippen LogP contribution in [0.3, 0.4) is 0 Å². The maximum Gasteiger partial charge on any atom is 0.428 e. The fourth-order valence-corrected chi connectivity index (χ4v) is 1.83. The fraction of sp³-hybridized carbons (Fsp3) is 0.188. The number of rotatable bonds is 6. The molecule has 0 unspecified atom stereocenters. The molecular weight excluding hydrogens is 323 g/mol. The molecule has 2 rings (SSSR count). The van der Waals surface area contributed by atoms with Crippen LogP contribution in [0.2, 0.25) is 0 Å². The zero-order valence-electron chi connectivity index (χ0n) is 12.2. The Balaban J connectivity index is 1.91. The van der Waals surface area contributed by atoms with Crippen molar-refractivity contribution in [2.45, 2.75) is 6.61 Å². The van der Waals surface area contributed by atoms with E-state index in [1.807, 2.05) is 0 Å². The maximum absolute atomic E-state index is 12.8. The van der Waals surface area contributed by atoms with Crippen LogP contribution in [0.1, 0.15) is 5.56 Å². The van der Waals surface area contributed by atoms with Crippen molar-refractivity contribution in [2.24, 2.45) is 5.84 Å². The SMILES string of the molecule is NN(C(=O)OCCCl)c1ccc(OCc2ccc(F)cc2)cc1. The van der Waals surface area contributed by atoms with Gasteiger partial charge in [-0.05, 0) is 42.0 Å². The molecule has 2 aromatic rings. The van der Waals surface area contributed by atoms with Gasteiger partial charge in [0.05, 0.1) is 11.6 Å². The first kappa shape index (κ1) is 17.1. The molecule has 1 amide bonds. The molecule has 0 bridgehead atoms. The van der Waals surface area contributed by atoms with E-state index >= 15 is 0 Å². The van der Waals surface area contributed by atoms with Gasteiger partial charge < -0.3 is 9.47 Å². The third-order valence-corrected chi connectivity index (χ3v) is 3.09. The van der Waals surface area contributed by atoms with E-state index in [1.165, 1.54) is 12.1 Å². The topological polar surface area (TPSA) is 64.8 Å². The van der Waals surface area contributed by atoms with E-state index in [4.69, 9.17) is 26.9 Å². The van der Waals surface area contributed by atoms with E-state index in [2.05, 4.69) is 0 Å². The summed E-state index contributed by atoms with van der Waals surface area (Å²) in [6, 6.07) is 12.7. The number of hydrazine groups is 1. The lowest BCUT2D eigenvalue weighted by molar-refractivity contribution is 0.160. The Labute approximate surface area is 138 Å². The third kappa shape index (κ3) is 5.12. The van der Waals surface area contributed by atoms with Gasteiger partial charge in [0.15, 0.2) is 0 Å². The molecule has 0 aromatic heterocycles. The highest BCUT2D eigenvalue weighted by Crippen LogP contribution is 2.19. The summed E-state index contributed by atoms with van der Waals surface area (Å²) in [6.45, 7) is 0.399. The number of nitrogens with zero attached hydrogens (tertiary/aromatic N) is 1. The second-order valence-corrected chi connectivity index (χ2v) is 4.96. The average Bonchev–Trinajstić information content (AvgIpc) is 2.59. The lowest BCUT2D eigenvalue weighted by Gasteiger charge is -2.16. The van der Waals surface area contributed by atoms with Crippen LogP contribution in [0.5, 0.6) is 5.75 Å². The minimum absolute atomic E-state index is 0.0902. The molecule has 0 heterocycles. The number of benzene rings is 2. The van der Waals surface area contributed by atoms with Gasteiger partial charge in [-0.1, -0.05) is 12.1 Å². The molecule has 122 valence electrons. The van der Waals surface area contributed by atoms with Crippen molar-refractivity contribution in [3.8, 4) is 5.75 Å². The molecule has 5 nitrogen and oxygen atoms in total. The van der Waals surface area contributed by atoms with Crippen molar-refractivity contribution in [3.63, 3.8) is 0 Å². The predicted molar refractivity (Wildman–Crippen MR) is 85.9 cm³/mol. The molecule has 0 aliphatic heterocycles. The normalized spacial score (nSPS) is 10.2. The zero-order valence-corrected chi connectivity index (χ0v) is 13.0. The van der Waals surface area contributed by atoms with E-state index < -0.39 is 6.09 Å². The molecule has 23 heavy (non-hydrogen) atoms. The highest BCUT2D eigenvalue weighted by molar-refractivity contribution is 6.18. The first-order valence-electron chi connectivity index (χ1n) is 6.85. The standard InChI is InChI=1S/C16H16ClFN2O3/c17-9-10-22-16(21)20(19)14-5-7-15(8-6-14)23-11-12-1-3-13(18)4-2-12/h1-8H,9-11,19H2. The zero-order chi connectivity index (χ0) is 16.7. The number of alkyl halides is 1. The Hall–Kier alpha value is -2.31. The summed E-state index contributed by atoms with van der Waals surface area (Å²) < 4.78 is 23.2. The van der Waals surface area contributed by atoms with Crippen molar-refractivity contribution in [1.82, 2.24) is 0 Å². The van der Waals surface area contributed by atoms with E-state index in [-0.39, 0.29) is 18.3 Å². The lowest BCUT2D eigenvalue weighted by Crippen LogP contribution is -2.38. The van der Waals surface area contributed by atoms with Gasteiger partial charge in [-0.2, -0.15) is 0 Å². The molecule has 0 fully saturated rings. The molecule has 0 atom stereocenters. The van der Waals surface area contributed by atoms with Gasteiger partial charge in [0, 0.05) is 0 Å². The van der Waals surface area contributed by atoms with Gasteiger partial charge in [0.1, 0.15) is 24.8 Å². The van der Waals surface area contributed by atoms with Crippen LogP contribution < -0.4 is 15.6 Å². The molecule has 0 saturated heterocycles. The number of nitrogens with two attached hydrogens (primary N) is 1. The number of hydrogen-bond donors (Lipinski definition) is 1. The van der Waals surface area contributed by atoms with E-state index in [0.29, 0.717) is 18.0 Å². The van der Waals surface area contributed by atoms with Gasteiger partial charge in [0.2, 0.25) is 0 Å². The van der Waals surface area contributed by atoms with Crippen LogP contribution >= 0.6 is 11.6 Å². The van der Waals surface area contributed by atoms with Crippen molar-refractivity contribution >= 4 is 23.4 Å². The molecule has 7 heteroatoms. The highest BCUT2D eigenvalue weighted by Gasteiger charge is 2.12. The summed E-state index contributed by atoms with van der Waals surface area (Å²) in [5.41, 5.74) is 1.30. The Morgan fingerprint density at radius 2 is 1.78 bits per heavy atom. The van der Waals surface area contributed by atoms with Gasteiger partial charge in [-0.3, -0.25) is 0 Å². The quantitative estimate of drug-likeness (QED) is 0.379. The highest BCUT2D eigenvalue weighted by atomic mass is 35.5. The molecule has 0 aliphatic carbocycles. The molecule has 0 saturated carbocycles. The van der Waals surface area contributed by atoms with Crippen LogP contribution in [0, 0.1) is 5.82 Å². The fourth-order valence-electron chi connectivity index (χ4n) is 1.75. The first-order chi connectivity index (χ1) is 11.1. The summed E-state index contributed by atoms with van der Waals surface area (Å²) in [4.78, 5) is 11.6. The Morgan fingerprint density at radius 3 is 2.39 bits per heavy atom.